The van der Waals surface area contributed by atoms with Crippen molar-refractivity contribution in [2.75, 3.05) is 83.8 Å². The van der Waals surface area contributed by atoms with Gasteiger partial charge in [-0.1, -0.05) is 121 Å². The van der Waals surface area contributed by atoms with Gasteiger partial charge in [0, 0.05) is 19.2 Å². The standard InChI is InChI=1S/C25H31N5O4.C22H27N5O2.C19H16F3N3O7S.C18H17N3O5/c1-4-33-25(32)21-22(26-14-18-10-12-29(3)13-11-18)20-17(2)27-16-28-23(20)30(24(21)31)34-15-19-8-6-5-7-9-19;1-16-21-19(23-13-17-8-10-26(2)11-9-17)12-20(28)27(22(21)25-15-24-16)29-14-18-6-4-3-5-7-18;1-3-30-18(27)14-15(32-33(28,29)19(20,21)22)13-11(2)23-10-24-16(13)25(17(14)26)31-9-12-7-5-4-6-8-12;1-3-25-18(24)14-15(22)13-11(2)19-10-20-16(13)21(17(14)23)26-9-12-7-5-4-6-8-12/h5-9,16,18,26H,4,10-15H2,1-3H3;3-7,12,15,17,23H,8-11,13-14H2,1-2H3;4-8,10H,3,9H2,1-2H3;4-8,10,22H,3,9H2,1-2H3. The number of carbonyl (C=O) groups is 3. The molecular weight excluding hydrogens is 1610 g/mol. The first-order chi connectivity index (χ1) is 58.6. The van der Waals surface area contributed by atoms with E-state index >= 15 is 0 Å². The zero-order valence-corrected chi connectivity index (χ0v) is 69.1. The van der Waals surface area contributed by atoms with Gasteiger partial charge >= 0.3 is 50.2 Å². The maximum absolute atomic E-state index is 13.6. The van der Waals surface area contributed by atoms with E-state index in [1.165, 1.54) is 37.6 Å². The van der Waals surface area contributed by atoms with Gasteiger partial charge in [-0.05, 0) is 149 Å². The van der Waals surface area contributed by atoms with E-state index in [1.807, 2.05) is 105 Å². The summed E-state index contributed by atoms with van der Waals surface area (Å²) >= 11 is 0. The fourth-order valence-electron chi connectivity index (χ4n) is 13.3. The number of hydrogen-bond acceptors (Lipinski definition) is 30. The number of ether oxygens (including phenoxy) is 3. The van der Waals surface area contributed by atoms with Crippen LogP contribution < -0.4 is 56.4 Å². The molecule has 0 unspecified atom stereocenters. The minimum atomic E-state index is -6.27. The molecule has 0 spiro atoms. The summed E-state index contributed by atoms with van der Waals surface area (Å²) in [5, 5.41) is 18.5. The SMILES string of the molecule is CCOC(=O)c1c(NCC2CCN(C)CC2)c2c(C)ncnc2n(OCc2ccccc2)c1=O.CCOC(=O)c1c(O)c2c(C)ncnc2n(OCc2ccccc2)c1=O.CCOC(=O)c1c(OS(=O)(=O)C(F)(F)F)c2c(C)ncnc2n(OCc2ccccc2)c1=O.Cc1ncnc2c1c(NCC1CCN(C)CC1)cc(=O)n2OCc1ccccc1. The van der Waals surface area contributed by atoms with Gasteiger partial charge in [-0.2, -0.15) is 21.6 Å². The van der Waals surface area contributed by atoms with Gasteiger partial charge in [0.25, 0.3) is 5.56 Å². The van der Waals surface area contributed by atoms with Crippen molar-refractivity contribution in [3.63, 3.8) is 0 Å². The number of aryl methyl sites for hydroxylation is 4. The van der Waals surface area contributed by atoms with Crippen molar-refractivity contribution < 1.29 is 78.8 Å². The predicted octanol–water partition coefficient (Wildman–Crippen LogP) is 8.89. The van der Waals surface area contributed by atoms with Crippen molar-refractivity contribution in [1.29, 1.82) is 0 Å². The zero-order chi connectivity index (χ0) is 87.4. The molecule has 3 N–H and O–H groups in total. The third-order valence-corrected chi connectivity index (χ3v) is 20.7. The lowest BCUT2D eigenvalue weighted by atomic mass is 9.97. The second-order valence-corrected chi connectivity index (χ2v) is 29.8. The molecule has 0 saturated carbocycles. The zero-order valence-electron chi connectivity index (χ0n) is 68.3. The Balaban J connectivity index is 0.000000159. The highest BCUT2D eigenvalue weighted by Gasteiger charge is 2.50. The third kappa shape index (κ3) is 21.4. The van der Waals surface area contributed by atoms with Crippen LogP contribution in [0.3, 0.4) is 0 Å². The van der Waals surface area contributed by atoms with E-state index in [2.05, 4.69) is 78.6 Å². The van der Waals surface area contributed by atoms with Crippen LogP contribution in [0.2, 0.25) is 0 Å². The van der Waals surface area contributed by atoms with Crippen molar-refractivity contribution in [3.8, 4) is 11.5 Å². The molecule has 0 aliphatic carbocycles. The Hall–Kier alpha value is -13.5. The van der Waals surface area contributed by atoms with Crippen LogP contribution in [0.4, 0.5) is 24.5 Å². The molecule has 34 nitrogen and oxygen atoms in total. The Morgan fingerprint density at radius 1 is 0.451 bits per heavy atom. The largest absolute Gasteiger partial charge is 0.534 e. The Labute approximate surface area is 696 Å². The number of alkyl halides is 3. The topological polar surface area (TPSA) is 401 Å². The maximum atomic E-state index is 13.6. The smallest absolute Gasteiger partial charge is 0.506 e. The lowest BCUT2D eigenvalue weighted by Gasteiger charge is -2.29. The van der Waals surface area contributed by atoms with Crippen LogP contribution in [0.25, 0.3) is 44.1 Å². The fourth-order valence-corrected chi connectivity index (χ4v) is 13.8. The molecule has 0 amide bonds. The lowest BCUT2D eigenvalue weighted by molar-refractivity contribution is -0.0500. The summed E-state index contributed by atoms with van der Waals surface area (Å²) in [6.07, 6.45) is 9.51. The summed E-state index contributed by atoms with van der Waals surface area (Å²) in [7, 11) is -1.99. The van der Waals surface area contributed by atoms with Gasteiger partial charge in [0.05, 0.1) is 75.5 Å². The van der Waals surface area contributed by atoms with E-state index in [9.17, 15) is 60.3 Å². The number of fused-ring (bicyclic) bond motifs is 4. The molecule has 10 heterocycles. The Morgan fingerprint density at radius 2 is 0.779 bits per heavy atom. The molecule has 8 aromatic heterocycles. The van der Waals surface area contributed by atoms with Crippen LogP contribution in [-0.4, -0.2) is 179 Å². The predicted molar refractivity (Wildman–Crippen MR) is 444 cm³/mol. The number of pyridine rings is 4. The fraction of sp³-hybridized carbons (Fsp3) is 0.345. The van der Waals surface area contributed by atoms with Crippen molar-refractivity contribution in [3.05, 3.63) is 256 Å². The summed E-state index contributed by atoms with van der Waals surface area (Å²) < 4.78 is 85.5. The van der Waals surface area contributed by atoms with Crippen molar-refractivity contribution in [2.45, 2.75) is 106 Å². The average molecular weight is 1700 g/mol. The van der Waals surface area contributed by atoms with Gasteiger partial charge in [0.15, 0.2) is 45.0 Å². The number of rotatable bonds is 26. The summed E-state index contributed by atoms with van der Waals surface area (Å²) in [6.45, 7) is 17.4. The van der Waals surface area contributed by atoms with Crippen LogP contribution >= 0.6 is 0 Å². The number of carbonyl (C=O) groups excluding carboxylic acids is 3. The molecule has 14 rings (SSSR count). The van der Waals surface area contributed by atoms with Crippen LogP contribution in [0, 0.1) is 39.5 Å². The van der Waals surface area contributed by atoms with E-state index in [0.29, 0.717) is 69.0 Å². The number of likely N-dealkylation sites (tertiary alicyclic amines) is 2. The molecule has 2 aliphatic heterocycles. The van der Waals surface area contributed by atoms with Gasteiger partial charge < -0.3 is 63.3 Å². The van der Waals surface area contributed by atoms with Gasteiger partial charge in [-0.15, -0.1) is 18.9 Å². The summed E-state index contributed by atoms with van der Waals surface area (Å²) in [4.78, 5) is 150. The molecule has 122 heavy (non-hydrogen) atoms. The first-order valence-corrected chi connectivity index (χ1v) is 40.4. The molecule has 642 valence electrons. The first kappa shape index (κ1) is 89.3. The molecular formula is C84H91F3N16O18S. The maximum Gasteiger partial charge on any atom is 0.534 e. The van der Waals surface area contributed by atoms with Crippen molar-refractivity contribution >= 4 is 83.5 Å². The van der Waals surface area contributed by atoms with Gasteiger partial charge in [-0.3, -0.25) is 19.2 Å². The number of hydrogen-bond donors (Lipinski definition) is 3. The van der Waals surface area contributed by atoms with Gasteiger partial charge in [0.2, 0.25) is 0 Å². The highest BCUT2D eigenvalue weighted by atomic mass is 32.2. The Kier molecular flexibility index (Phi) is 30.0. The summed E-state index contributed by atoms with van der Waals surface area (Å²) in [6, 6.07) is 38.6. The second kappa shape index (κ2) is 41.0. The molecule has 2 fully saturated rings. The lowest BCUT2D eigenvalue weighted by Crippen LogP contribution is -2.36. The molecule has 4 aromatic carbocycles. The number of nitrogens with one attached hydrogen (secondary N) is 2. The van der Waals surface area contributed by atoms with E-state index in [0.717, 1.165) is 108 Å². The molecule has 0 atom stereocenters. The number of anilines is 2. The number of esters is 3. The number of piperidine rings is 2. The van der Waals surface area contributed by atoms with Crippen molar-refractivity contribution in [1.82, 2.24) is 68.6 Å². The number of benzene rings is 4. The second-order valence-electron chi connectivity index (χ2n) is 28.2. The van der Waals surface area contributed by atoms with E-state index in [4.69, 9.17) is 33.6 Å². The molecule has 38 heteroatoms. The van der Waals surface area contributed by atoms with Crippen molar-refractivity contribution in [2.24, 2.45) is 11.8 Å². The van der Waals surface area contributed by atoms with Gasteiger partial charge in [-0.25, -0.2) is 54.3 Å². The third-order valence-electron chi connectivity index (χ3n) is 19.7. The average Bonchev–Trinajstić information content (AvgIpc) is 0.736. The normalized spacial score (nSPS) is 13.3. The first-order valence-electron chi connectivity index (χ1n) is 39.0. The van der Waals surface area contributed by atoms with Crippen LogP contribution in [0.1, 0.15) is 123 Å². The number of nitrogens with zero attached hydrogens (tertiary/aromatic N) is 14. The highest BCUT2D eigenvalue weighted by molar-refractivity contribution is 7.88. The minimum absolute atomic E-state index is 0.0604. The number of aromatic hydroxyl groups is 1. The Morgan fingerprint density at radius 3 is 1.19 bits per heavy atom. The van der Waals surface area contributed by atoms with Crippen LogP contribution in [-0.2, 0) is 50.8 Å². The Bertz CT molecular complexity index is 6080. The highest BCUT2D eigenvalue weighted by Crippen LogP contribution is 2.36. The molecule has 12 aromatic rings. The summed E-state index contributed by atoms with van der Waals surface area (Å²) in [5.74, 6) is -3.73. The molecule has 2 aliphatic rings. The van der Waals surface area contributed by atoms with E-state index in [1.54, 1.807) is 57.2 Å². The van der Waals surface area contributed by atoms with Gasteiger partial charge in [0.1, 0.15) is 57.5 Å². The molecule has 0 bridgehead atoms. The van der Waals surface area contributed by atoms with E-state index in [-0.39, 0.29) is 67.5 Å². The number of halogens is 3. The quantitative estimate of drug-likeness (QED) is 0.0197. The molecule has 2 saturated heterocycles. The molecule has 0 radical (unpaired) electrons. The van der Waals surface area contributed by atoms with Crippen LogP contribution in [0.15, 0.2) is 172 Å². The summed E-state index contributed by atoms with van der Waals surface area (Å²) in [5.41, 5.74) is -3.85. The minimum Gasteiger partial charge on any atom is -0.506 e. The monoisotopic (exact) mass is 1700 g/mol. The van der Waals surface area contributed by atoms with Crippen LogP contribution in [0.5, 0.6) is 11.5 Å². The van der Waals surface area contributed by atoms with E-state index < -0.39 is 83.9 Å². The number of aromatic nitrogens is 12.